The lowest BCUT2D eigenvalue weighted by Crippen LogP contribution is -2.71. The number of thiazole rings is 1. The van der Waals surface area contributed by atoms with Gasteiger partial charge >= 0.3 is 11.1 Å². The second-order valence-corrected chi connectivity index (χ2v) is 12.5. The highest BCUT2D eigenvalue weighted by molar-refractivity contribution is 8.01. The van der Waals surface area contributed by atoms with Crippen LogP contribution >= 0.6 is 34.9 Å². The molecule has 19 heteroatoms. The summed E-state index contributed by atoms with van der Waals surface area (Å²) in [6, 6.07) is 9.55. The number of aromatic nitrogens is 3. The number of carboxylic acid groups (broad SMARTS) is 2. The molecule has 2 aliphatic heterocycles. The molecule has 2 amide bonds. The number of thioether (sulfide) groups is 2. The van der Waals surface area contributed by atoms with Crippen LogP contribution in [0.4, 0.5) is 16.8 Å². The van der Waals surface area contributed by atoms with Crippen molar-refractivity contribution in [3.63, 3.8) is 0 Å². The van der Waals surface area contributed by atoms with Crippen LogP contribution < -0.4 is 32.2 Å². The normalized spacial score (nSPS) is 18.6. The number of aliphatic carboxylic acids is 2. The number of hydrogen-bond acceptors (Lipinski definition) is 15. The molecule has 1 fully saturated rings. The van der Waals surface area contributed by atoms with Gasteiger partial charge in [-0.2, -0.15) is 4.57 Å². The van der Waals surface area contributed by atoms with E-state index in [0.29, 0.717) is 16.5 Å². The number of anilines is 3. The number of carbonyl (C=O) groups is 4. The number of nitrogens with zero attached hydrogens (tertiary/aromatic N) is 5. The summed E-state index contributed by atoms with van der Waals surface area (Å²) in [5.74, 6) is -3.64. The first-order valence-corrected chi connectivity index (χ1v) is 15.9. The Kier molecular flexibility index (Phi) is 9.11. The molecule has 0 saturated carbocycles. The van der Waals surface area contributed by atoms with Crippen molar-refractivity contribution in [1.82, 2.24) is 20.2 Å². The SMILES string of the molecule is CC(O/N=C(\C(=O)NC1C(=O)N2C(C(=O)[O-])=C(CSc3nc(N)cc(N)[n+]3-c3ccccc3)CS[C@@H]12)c1csc(N)n1)C(=O)O. The molecule has 8 N–H and O–H groups in total. The Morgan fingerprint density at radius 3 is 2.64 bits per heavy atom. The van der Waals surface area contributed by atoms with Gasteiger partial charge in [0.05, 0.1) is 17.7 Å². The van der Waals surface area contributed by atoms with Crippen molar-refractivity contribution in [3.8, 4) is 5.69 Å². The third kappa shape index (κ3) is 6.49. The fraction of sp³-hybridized carbons (Fsp3) is 0.231. The van der Waals surface area contributed by atoms with E-state index in [1.807, 2.05) is 30.3 Å². The summed E-state index contributed by atoms with van der Waals surface area (Å²) in [6.45, 7) is 1.21. The number of β-lactam (4-membered cyclic amide) rings is 1. The number of nitrogen functional groups attached to an aromatic ring is 3. The first-order chi connectivity index (χ1) is 21.5. The standard InChI is InChI=1S/C26H25N9O7S3/c1-11(23(38)39)42-33-17(14-10-44-25(29)30-14)20(36)32-18-21(37)35-19(24(40)41)12(8-43-22(18)35)9-45-26-31-15(27)7-16(28)34(26)13-5-3-2-4-6-13/h2-7,10-11,18,22H,8-9H2,1H3,(H8,27,28,29,30,32,36,38,39,40,41)/b33-17-/t11?,18?,22-/m0/s1. The van der Waals surface area contributed by atoms with Crippen molar-refractivity contribution in [2.45, 2.75) is 29.6 Å². The Balaban J connectivity index is 1.35. The summed E-state index contributed by atoms with van der Waals surface area (Å²) in [7, 11) is 0. The molecule has 45 heavy (non-hydrogen) atoms. The minimum Gasteiger partial charge on any atom is -0.543 e. The number of para-hydroxylation sites is 1. The van der Waals surface area contributed by atoms with Gasteiger partial charge in [0.1, 0.15) is 22.8 Å². The van der Waals surface area contributed by atoms with Crippen LogP contribution in [0.3, 0.4) is 0 Å². The van der Waals surface area contributed by atoms with Crippen LogP contribution in [-0.4, -0.2) is 78.5 Å². The Morgan fingerprint density at radius 2 is 2.00 bits per heavy atom. The molecule has 4 heterocycles. The summed E-state index contributed by atoms with van der Waals surface area (Å²) in [5, 5.41) is 28.8. The van der Waals surface area contributed by atoms with Gasteiger partial charge in [-0.05, 0) is 36.4 Å². The molecule has 3 aromatic rings. The van der Waals surface area contributed by atoms with Gasteiger partial charge in [0.25, 0.3) is 11.8 Å². The van der Waals surface area contributed by atoms with E-state index in [-0.39, 0.29) is 33.8 Å². The highest BCUT2D eigenvalue weighted by Crippen LogP contribution is 2.41. The van der Waals surface area contributed by atoms with Gasteiger partial charge in [-0.25, -0.2) is 9.78 Å². The fourth-order valence-corrected chi connectivity index (χ4v) is 7.45. The molecule has 5 rings (SSSR count). The summed E-state index contributed by atoms with van der Waals surface area (Å²) >= 11 is 3.44. The molecule has 1 aromatic carbocycles. The molecule has 0 spiro atoms. The van der Waals surface area contributed by atoms with Gasteiger partial charge in [0.2, 0.25) is 17.7 Å². The first-order valence-electron chi connectivity index (χ1n) is 13.0. The Morgan fingerprint density at radius 1 is 1.27 bits per heavy atom. The minimum absolute atomic E-state index is 0.00526. The molecule has 2 aromatic heterocycles. The van der Waals surface area contributed by atoms with Gasteiger partial charge in [-0.3, -0.25) is 14.5 Å². The predicted octanol–water partition coefficient (Wildman–Crippen LogP) is -1.05. The van der Waals surface area contributed by atoms with Crippen molar-refractivity contribution < 1.29 is 38.8 Å². The van der Waals surface area contributed by atoms with Crippen molar-refractivity contribution >= 4 is 81.1 Å². The zero-order valence-corrected chi connectivity index (χ0v) is 25.7. The number of rotatable bonds is 11. The number of carboxylic acids is 2. The molecular weight excluding hydrogens is 647 g/mol. The van der Waals surface area contributed by atoms with Crippen LogP contribution in [0.1, 0.15) is 12.6 Å². The lowest BCUT2D eigenvalue weighted by Gasteiger charge is -2.50. The molecule has 16 nitrogen and oxygen atoms in total. The summed E-state index contributed by atoms with van der Waals surface area (Å²) in [6.07, 6.45) is -1.38. The van der Waals surface area contributed by atoms with E-state index in [2.05, 4.69) is 20.4 Å². The van der Waals surface area contributed by atoms with Gasteiger partial charge < -0.3 is 42.4 Å². The number of carbonyl (C=O) groups excluding carboxylic acids is 3. The number of benzene rings is 1. The average molecular weight is 672 g/mol. The number of fused-ring (bicyclic) bond motifs is 1. The molecule has 1 saturated heterocycles. The van der Waals surface area contributed by atoms with E-state index in [1.54, 1.807) is 4.57 Å². The second-order valence-electron chi connectivity index (χ2n) is 9.55. The van der Waals surface area contributed by atoms with Crippen LogP contribution in [0.25, 0.3) is 5.69 Å². The van der Waals surface area contributed by atoms with Crippen LogP contribution in [0, 0.1) is 0 Å². The lowest BCUT2D eigenvalue weighted by atomic mass is 10.0. The molecule has 2 aliphatic rings. The van der Waals surface area contributed by atoms with Gasteiger partial charge in [0, 0.05) is 16.9 Å². The van der Waals surface area contributed by atoms with Crippen LogP contribution in [-0.2, 0) is 24.0 Å². The highest BCUT2D eigenvalue weighted by Gasteiger charge is 2.53. The third-order valence-corrected chi connectivity index (χ3v) is 9.55. The molecule has 2 unspecified atom stereocenters. The van der Waals surface area contributed by atoms with Crippen LogP contribution in [0.15, 0.2) is 63.4 Å². The van der Waals surface area contributed by atoms with Gasteiger partial charge in [0.15, 0.2) is 10.8 Å². The third-order valence-electron chi connectivity index (χ3n) is 6.52. The number of hydrogen-bond donors (Lipinski definition) is 5. The number of nitrogens with one attached hydrogen (secondary N) is 1. The van der Waals surface area contributed by atoms with Crippen molar-refractivity contribution in [2.24, 2.45) is 5.16 Å². The molecule has 0 aliphatic carbocycles. The number of nitrogens with two attached hydrogens (primary N) is 3. The number of oxime groups is 1. The highest BCUT2D eigenvalue weighted by atomic mass is 32.2. The fourth-order valence-electron chi connectivity index (χ4n) is 4.37. The average Bonchev–Trinajstić information content (AvgIpc) is 3.43. The topological polar surface area (TPSA) is 256 Å². The van der Waals surface area contributed by atoms with Crippen LogP contribution in [0.5, 0.6) is 0 Å². The Hall–Kier alpha value is -4.88. The van der Waals surface area contributed by atoms with E-state index in [9.17, 15) is 24.3 Å². The molecule has 234 valence electrons. The van der Waals surface area contributed by atoms with Crippen molar-refractivity contribution in [3.05, 3.63) is 58.7 Å². The Labute approximate surface area is 267 Å². The second kappa shape index (κ2) is 13.0. The predicted molar refractivity (Wildman–Crippen MR) is 164 cm³/mol. The first kappa shape index (κ1) is 31.5. The van der Waals surface area contributed by atoms with Gasteiger partial charge in [-0.1, -0.05) is 28.3 Å². The smallest absolute Gasteiger partial charge is 0.347 e. The van der Waals surface area contributed by atoms with E-state index < -0.39 is 47.0 Å². The molecular formula is C26H25N9O7S3. The van der Waals surface area contributed by atoms with E-state index in [1.165, 1.54) is 41.9 Å². The summed E-state index contributed by atoms with van der Waals surface area (Å²) < 4.78 is 1.68. The zero-order valence-electron chi connectivity index (χ0n) is 23.3. The molecule has 3 atom stereocenters. The Bertz CT molecular complexity index is 1750. The maximum absolute atomic E-state index is 13.2. The quantitative estimate of drug-likeness (QED) is 0.0407. The largest absolute Gasteiger partial charge is 0.543 e. The maximum atomic E-state index is 13.2. The monoisotopic (exact) mass is 671 g/mol. The van der Waals surface area contributed by atoms with E-state index in [4.69, 9.17) is 27.1 Å². The van der Waals surface area contributed by atoms with E-state index in [0.717, 1.165) is 21.9 Å². The summed E-state index contributed by atoms with van der Waals surface area (Å²) in [4.78, 5) is 64.3. The molecule has 0 radical (unpaired) electrons. The van der Waals surface area contributed by atoms with Crippen LogP contribution in [0.2, 0.25) is 0 Å². The number of amides is 2. The summed E-state index contributed by atoms with van der Waals surface area (Å²) in [5.41, 5.74) is 18.3. The molecule has 0 bridgehead atoms. The van der Waals surface area contributed by atoms with Crippen molar-refractivity contribution in [1.29, 1.82) is 0 Å². The van der Waals surface area contributed by atoms with E-state index >= 15 is 0 Å². The minimum atomic E-state index is -1.55. The zero-order chi connectivity index (χ0) is 32.4. The lowest BCUT2D eigenvalue weighted by molar-refractivity contribution is -0.626. The maximum Gasteiger partial charge on any atom is 0.347 e. The van der Waals surface area contributed by atoms with Crippen molar-refractivity contribution in [2.75, 3.05) is 28.7 Å². The van der Waals surface area contributed by atoms with Gasteiger partial charge in [-0.15, -0.1) is 23.1 Å².